The van der Waals surface area contributed by atoms with E-state index >= 15 is 0 Å². The molecule has 0 saturated heterocycles. The number of carbonyl (C=O) groups is 1. The van der Waals surface area contributed by atoms with Gasteiger partial charge in [-0.3, -0.25) is 4.79 Å². The molecule has 0 spiro atoms. The van der Waals surface area contributed by atoms with Crippen LogP contribution in [0.5, 0.6) is 0 Å². The van der Waals surface area contributed by atoms with Gasteiger partial charge in [0.05, 0.1) is 6.42 Å². The van der Waals surface area contributed by atoms with E-state index in [1.54, 1.807) is 0 Å². The van der Waals surface area contributed by atoms with E-state index in [1.165, 1.54) is 17.5 Å². The molecule has 4 heteroatoms. The Labute approximate surface area is 119 Å². The fourth-order valence-corrected chi connectivity index (χ4v) is 2.27. The lowest BCUT2D eigenvalue weighted by Crippen LogP contribution is -2.13. The second-order valence-electron chi connectivity index (χ2n) is 5.22. The highest BCUT2D eigenvalue weighted by Crippen LogP contribution is 2.12. The highest BCUT2D eigenvalue weighted by molar-refractivity contribution is 5.82. The Hall–Kier alpha value is -1.97. The molecular formula is C16H21N3O. The lowest BCUT2D eigenvalue weighted by molar-refractivity contribution is -0.117. The smallest absolute Gasteiger partial charge is 0.144 e. The Balaban J connectivity index is 2.05. The molecule has 0 atom stereocenters. The zero-order chi connectivity index (χ0) is 14.5. The van der Waals surface area contributed by atoms with Crippen molar-refractivity contribution in [1.29, 1.82) is 0 Å². The molecule has 2 rings (SSSR count). The normalized spacial score (nSPS) is 10.8. The van der Waals surface area contributed by atoms with Crippen molar-refractivity contribution in [2.75, 3.05) is 0 Å². The third kappa shape index (κ3) is 3.53. The highest BCUT2D eigenvalue weighted by Gasteiger charge is 2.12. The molecule has 0 aliphatic carbocycles. The number of benzene rings is 1. The summed E-state index contributed by atoms with van der Waals surface area (Å²) in [5, 5.41) is 4.15. The summed E-state index contributed by atoms with van der Waals surface area (Å²) in [7, 11) is 0. The van der Waals surface area contributed by atoms with Gasteiger partial charge in [0.1, 0.15) is 17.9 Å². The van der Waals surface area contributed by atoms with Gasteiger partial charge in [-0.05, 0) is 31.4 Å². The lowest BCUT2D eigenvalue weighted by Gasteiger charge is -2.07. The largest absolute Gasteiger partial charge is 0.299 e. The first-order chi connectivity index (χ1) is 9.60. The van der Waals surface area contributed by atoms with Gasteiger partial charge in [-0.1, -0.05) is 30.7 Å². The summed E-state index contributed by atoms with van der Waals surface area (Å²) in [4.78, 5) is 16.4. The molecule has 4 nitrogen and oxygen atoms in total. The molecule has 106 valence electrons. The van der Waals surface area contributed by atoms with Crippen LogP contribution in [0.4, 0.5) is 0 Å². The number of hydrogen-bond acceptors (Lipinski definition) is 3. The van der Waals surface area contributed by atoms with Crippen molar-refractivity contribution in [2.45, 2.75) is 46.6 Å². The van der Waals surface area contributed by atoms with E-state index in [1.807, 2.05) is 18.5 Å². The second-order valence-corrected chi connectivity index (χ2v) is 5.22. The zero-order valence-electron chi connectivity index (χ0n) is 12.4. The number of rotatable bonds is 6. The van der Waals surface area contributed by atoms with Crippen LogP contribution in [0.15, 0.2) is 24.5 Å². The van der Waals surface area contributed by atoms with Crippen molar-refractivity contribution < 1.29 is 4.79 Å². The molecule has 1 heterocycles. The maximum atomic E-state index is 12.2. The Morgan fingerprint density at radius 3 is 2.80 bits per heavy atom. The minimum Gasteiger partial charge on any atom is -0.299 e. The molecule has 0 aliphatic heterocycles. The molecule has 20 heavy (non-hydrogen) atoms. The fourth-order valence-electron chi connectivity index (χ4n) is 2.27. The number of aryl methyl sites for hydroxylation is 3. The summed E-state index contributed by atoms with van der Waals surface area (Å²) in [6, 6.07) is 6.22. The number of ketones is 1. The predicted molar refractivity (Wildman–Crippen MR) is 78.6 cm³/mol. The van der Waals surface area contributed by atoms with Crippen molar-refractivity contribution in [3.63, 3.8) is 0 Å². The van der Waals surface area contributed by atoms with Crippen LogP contribution in [0.3, 0.4) is 0 Å². The molecule has 0 aliphatic rings. The quantitative estimate of drug-likeness (QED) is 0.811. The Bertz CT molecular complexity index is 602. The average molecular weight is 271 g/mol. The number of nitrogens with zero attached hydrogens (tertiary/aromatic N) is 3. The molecule has 0 saturated carbocycles. The van der Waals surface area contributed by atoms with Gasteiger partial charge >= 0.3 is 0 Å². The van der Waals surface area contributed by atoms with Gasteiger partial charge in [0, 0.05) is 13.0 Å². The Kier molecular flexibility index (Phi) is 4.66. The molecule has 0 amide bonds. The monoisotopic (exact) mass is 271 g/mol. The number of carbonyl (C=O) groups excluding carboxylic acids is 1. The summed E-state index contributed by atoms with van der Waals surface area (Å²) < 4.78 is 1.82. The zero-order valence-corrected chi connectivity index (χ0v) is 12.4. The van der Waals surface area contributed by atoms with Crippen LogP contribution in [0.25, 0.3) is 0 Å². The van der Waals surface area contributed by atoms with Crippen molar-refractivity contribution in [3.05, 3.63) is 47.0 Å². The molecule has 1 aromatic carbocycles. The van der Waals surface area contributed by atoms with Crippen LogP contribution in [0.1, 0.15) is 35.9 Å². The molecule has 0 unspecified atom stereocenters. The van der Waals surface area contributed by atoms with Gasteiger partial charge in [0.15, 0.2) is 0 Å². The summed E-state index contributed by atoms with van der Waals surface area (Å²) in [6.45, 7) is 6.99. The predicted octanol–water partition coefficient (Wildman–Crippen LogP) is 2.66. The number of Topliss-reactive ketones (excluding diaryl/α,β-unsaturated/α-hetero) is 1. The minimum absolute atomic E-state index is 0.184. The summed E-state index contributed by atoms with van der Waals surface area (Å²) in [6.07, 6.45) is 3.33. The van der Waals surface area contributed by atoms with Crippen molar-refractivity contribution in [2.24, 2.45) is 0 Å². The lowest BCUT2D eigenvalue weighted by atomic mass is 10.00. The van der Waals surface area contributed by atoms with Gasteiger partial charge < -0.3 is 0 Å². The summed E-state index contributed by atoms with van der Waals surface area (Å²) in [5.41, 5.74) is 3.46. The van der Waals surface area contributed by atoms with E-state index in [0.29, 0.717) is 12.8 Å². The molecular weight excluding hydrogens is 250 g/mol. The summed E-state index contributed by atoms with van der Waals surface area (Å²) in [5.74, 6) is 0.950. The van der Waals surface area contributed by atoms with Crippen LogP contribution in [-0.4, -0.2) is 20.5 Å². The third-order valence-electron chi connectivity index (χ3n) is 3.38. The van der Waals surface area contributed by atoms with Gasteiger partial charge in [-0.15, -0.1) is 0 Å². The van der Waals surface area contributed by atoms with Crippen molar-refractivity contribution in [1.82, 2.24) is 14.8 Å². The molecule has 2 aromatic rings. The van der Waals surface area contributed by atoms with Gasteiger partial charge in [-0.25, -0.2) is 9.67 Å². The van der Waals surface area contributed by atoms with Gasteiger partial charge in [0.25, 0.3) is 0 Å². The van der Waals surface area contributed by atoms with Crippen LogP contribution in [-0.2, 0) is 24.2 Å². The fraction of sp³-hybridized carbons (Fsp3) is 0.438. The van der Waals surface area contributed by atoms with Crippen LogP contribution >= 0.6 is 0 Å². The van der Waals surface area contributed by atoms with Crippen LogP contribution < -0.4 is 0 Å². The van der Waals surface area contributed by atoms with Crippen LogP contribution in [0, 0.1) is 13.8 Å². The molecule has 0 radical (unpaired) electrons. The standard InChI is InChI=1S/C16H21N3O/c1-4-7-19-16(17-11-18-19)10-15(20)9-14-8-12(2)5-6-13(14)3/h5-6,8,11H,4,7,9-10H2,1-3H3. The highest BCUT2D eigenvalue weighted by atomic mass is 16.1. The SMILES string of the molecule is CCCn1ncnc1CC(=O)Cc1cc(C)ccc1C. The molecule has 0 bridgehead atoms. The van der Waals surface area contributed by atoms with E-state index in [2.05, 4.69) is 35.2 Å². The molecule has 1 aromatic heterocycles. The van der Waals surface area contributed by atoms with E-state index < -0.39 is 0 Å². The molecule has 0 fully saturated rings. The summed E-state index contributed by atoms with van der Waals surface area (Å²) >= 11 is 0. The number of hydrogen-bond donors (Lipinski definition) is 0. The Morgan fingerprint density at radius 1 is 1.25 bits per heavy atom. The minimum atomic E-state index is 0.184. The maximum Gasteiger partial charge on any atom is 0.144 e. The van der Waals surface area contributed by atoms with Crippen LogP contribution in [0.2, 0.25) is 0 Å². The van der Waals surface area contributed by atoms with E-state index in [-0.39, 0.29) is 5.78 Å². The van der Waals surface area contributed by atoms with Crippen molar-refractivity contribution >= 4 is 5.78 Å². The van der Waals surface area contributed by atoms with Crippen molar-refractivity contribution in [3.8, 4) is 0 Å². The van der Waals surface area contributed by atoms with Gasteiger partial charge in [0.2, 0.25) is 0 Å². The second kappa shape index (κ2) is 6.46. The number of aromatic nitrogens is 3. The topological polar surface area (TPSA) is 47.8 Å². The van der Waals surface area contributed by atoms with E-state index in [9.17, 15) is 4.79 Å². The first-order valence-corrected chi connectivity index (χ1v) is 7.04. The first kappa shape index (κ1) is 14.4. The Morgan fingerprint density at radius 2 is 2.05 bits per heavy atom. The maximum absolute atomic E-state index is 12.2. The third-order valence-corrected chi connectivity index (χ3v) is 3.38. The average Bonchev–Trinajstić information content (AvgIpc) is 2.82. The van der Waals surface area contributed by atoms with E-state index in [0.717, 1.165) is 24.4 Å². The molecule has 0 N–H and O–H groups in total. The first-order valence-electron chi connectivity index (χ1n) is 7.04. The van der Waals surface area contributed by atoms with E-state index in [4.69, 9.17) is 0 Å². The van der Waals surface area contributed by atoms with Gasteiger partial charge in [-0.2, -0.15) is 5.10 Å².